The summed E-state index contributed by atoms with van der Waals surface area (Å²) in [6, 6.07) is 6.78. The van der Waals surface area contributed by atoms with Crippen molar-refractivity contribution in [3.05, 3.63) is 29.8 Å². The number of halogens is 1. The maximum atomic E-state index is 11.1. The van der Waals surface area contributed by atoms with Crippen molar-refractivity contribution >= 4 is 17.5 Å². The van der Waals surface area contributed by atoms with E-state index in [0.29, 0.717) is 11.3 Å². The van der Waals surface area contributed by atoms with Crippen molar-refractivity contribution in [3.8, 4) is 5.75 Å². The van der Waals surface area contributed by atoms with E-state index in [1.165, 1.54) is 0 Å². The van der Waals surface area contributed by atoms with Crippen LogP contribution in [-0.2, 0) is 4.79 Å². The van der Waals surface area contributed by atoms with Crippen molar-refractivity contribution in [2.24, 2.45) is 0 Å². The van der Waals surface area contributed by atoms with Crippen molar-refractivity contribution in [2.45, 2.75) is 12.1 Å². The Labute approximate surface area is 98.2 Å². The molecule has 0 unspecified atom stereocenters. The molecule has 1 amide bonds. The molecule has 1 aliphatic rings. The molecule has 0 fully saturated rings. The fraction of sp³-hybridized carbons (Fsp3) is 0.364. The summed E-state index contributed by atoms with van der Waals surface area (Å²) in [4.78, 5) is 11.1. The van der Waals surface area contributed by atoms with E-state index in [1.54, 1.807) is 12.1 Å². The Morgan fingerprint density at radius 3 is 3.06 bits per heavy atom. The number of alkyl halides is 1. The molecule has 0 aliphatic carbocycles. The number of aliphatic hydroxyl groups is 1. The van der Waals surface area contributed by atoms with Crippen LogP contribution in [-0.4, -0.2) is 29.5 Å². The molecule has 1 heterocycles. The normalized spacial score (nSPS) is 23.1. The van der Waals surface area contributed by atoms with E-state index in [9.17, 15) is 9.90 Å². The van der Waals surface area contributed by atoms with Crippen LogP contribution in [0.25, 0.3) is 0 Å². The maximum absolute atomic E-state index is 11.1. The molecule has 1 aromatic rings. The van der Waals surface area contributed by atoms with Crippen molar-refractivity contribution in [2.75, 3.05) is 12.5 Å². The van der Waals surface area contributed by atoms with E-state index in [0.717, 1.165) is 0 Å². The average molecular weight is 242 g/mol. The summed E-state index contributed by atoms with van der Waals surface area (Å²) in [6.07, 6.45) is -0.753. The standard InChI is InChI=1S/C11H12ClNO3/c12-5-10(14)13-8-6-16-9-4-2-1-3-7(9)11(8)15/h1-4,8,11,15H,5-6H2,(H,13,14)/t8-,11-/m0/s1. The summed E-state index contributed by atoms with van der Waals surface area (Å²) in [5.74, 6) is 0.227. The summed E-state index contributed by atoms with van der Waals surface area (Å²) in [6.45, 7) is 0.251. The number of hydrogen-bond donors (Lipinski definition) is 2. The topological polar surface area (TPSA) is 58.6 Å². The lowest BCUT2D eigenvalue weighted by atomic mass is 9.99. The van der Waals surface area contributed by atoms with E-state index in [2.05, 4.69) is 5.32 Å². The van der Waals surface area contributed by atoms with Crippen LogP contribution in [0.1, 0.15) is 11.7 Å². The van der Waals surface area contributed by atoms with Gasteiger partial charge in [-0.2, -0.15) is 0 Å². The van der Waals surface area contributed by atoms with Crippen molar-refractivity contribution in [1.82, 2.24) is 5.32 Å². The molecule has 0 aromatic heterocycles. The number of benzene rings is 1. The van der Waals surface area contributed by atoms with Gasteiger partial charge in [-0.05, 0) is 6.07 Å². The lowest BCUT2D eigenvalue weighted by Crippen LogP contribution is -2.46. The number of nitrogens with one attached hydrogen (secondary N) is 1. The molecule has 86 valence electrons. The van der Waals surface area contributed by atoms with Crippen molar-refractivity contribution in [3.63, 3.8) is 0 Å². The summed E-state index contributed by atoms with van der Waals surface area (Å²) in [5, 5.41) is 12.6. The van der Waals surface area contributed by atoms with E-state index in [4.69, 9.17) is 16.3 Å². The third kappa shape index (κ3) is 2.13. The largest absolute Gasteiger partial charge is 0.491 e. The number of carbonyl (C=O) groups excluding carboxylic acids is 1. The van der Waals surface area contributed by atoms with Crippen LogP contribution < -0.4 is 10.1 Å². The zero-order chi connectivity index (χ0) is 11.5. The highest BCUT2D eigenvalue weighted by Crippen LogP contribution is 2.31. The maximum Gasteiger partial charge on any atom is 0.235 e. The molecule has 0 radical (unpaired) electrons. The zero-order valence-corrected chi connectivity index (χ0v) is 9.28. The SMILES string of the molecule is O=C(CCl)N[C@H]1COc2ccccc2[C@@H]1O. The highest BCUT2D eigenvalue weighted by atomic mass is 35.5. The van der Waals surface area contributed by atoms with Crippen molar-refractivity contribution < 1.29 is 14.6 Å². The van der Waals surface area contributed by atoms with Crippen LogP contribution in [0.3, 0.4) is 0 Å². The molecule has 2 atom stereocenters. The molecule has 0 saturated carbocycles. The average Bonchev–Trinajstić information content (AvgIpc) is 2.33. The lowest BCUT2D eigenvalue weighted by Gasteiger charge is -2.30. The minimum Gasteiger partial charge on any atom is -0.491 e. The second-order valence-corrected chi connectivity index (χ2v) is 3.87. The molecular weight excluding hydrogens is 230 g/mol. The summed E-state index contributed by atoms with van der Waals surface area (Å²) in [5.41, 5.74) is 0.689. The van der Waals surface area contributed by atoms with E-state index < -0.39 is 12.1 Å². The summed E-state index contributed by atoms with van der Waals surface area (Å²) < 4.78 is 5.43. The molecular formula is C11H12ClNO3. The molecule has 0 saturated heterocycles. The number of amides is 1. The Balaban J connectivity index is 2.15. The minimum atomic E-state index is -0.753. The van der Waals surface area contributed by atoms with Gasteiger partial charge in [-0.15, -0.1) is 11.6 Å². The van der Waals surface area contributed by atoms with Gasteiger partial charge in [-0.3, -0.25) is 4.79 Å². The number of fused-ring (bicyclic) bond motifs is 1. The fourth-order valence-electron chi connectivity index (χ4n) is 1.71. The van der Waals surface area contributed by atoms with Gasteiger partial charge in [0.15, 0.2) is 0 Å². The quantitative estimate of drug-likeness (QED) is 0.755. The van der Waals surface area contributed by atoms with E-state index in [1.807, 2.05) is 12.1 Å². The van der Waals surface area contributed by atoms with Gasteiger partial charge >= 0.3 is 0 Å². The van der Waals surface area contributed by atoms with Gasteiger partial charge in [0.1, 0.15) is 24.3 Å². The van der Waals surface area contributed by atoms with Crippen LogP contribution in [0.4, 0.5) is 0 Å². The molecule has 1 aliphatic heterocycles. The number of carbonyl (C=O) groups is 1. The van der Waals surface area contributed by atoms with Crippen LogP contribution in [0.15, 0.2) is 24.3 Å². The number of aliphatic hydroxyl groups excluding tert-OH is 1. The van der Waals surface area contributed by atoms with Gasteiger partial charge in [-0.25, -0.2) is 0 Å². The molecule has 0 spiro atoms. The van der Waals surface area contributed by atoms with E-state index in [-0.39, 0.29) is 18.4 Å². The van der Waals surface area contributed by atoms with Crippen LogP contribution in [0, 0.1) is 0 Å². The first kappa shape index (κ1) is 11.2. The van der Waals surface area contributed by atoms with Crippen LogP contribution in [0.5, 0.6) is 5.75 Å². The smallest absolute Gasteiger partial charge is 0.235 e. The van der Waals surface area contributed by atoms with Gasteiger partial charge in [-0.1, -0.05) is 18.2 Å². The van der Waals surface area contributed by atoms with Crippen molar-refractivity contribution in [1.29, 1.82) is 0 Å². The Morgan fingerprint density at radius 1 is 1.56 bits per heavy atom. The third-order valence-corrected chi connectivity index (χ3v) is 2.75. The Morgan fingerprint density at radius 2 is 2.31 bits per heavy atom. The number of para-hydroxylation sites is 1. The van der Waals surface area contributed by atoms with Crippen LogP contribution in [0.2, 0.25) is 0 Å². The number of hydrogen-bond acceptors (Lipinski definition) is 3. The van der Waals surface area contributed by atoms with E-state index >= 15 is 0 Å². The summed E-state index contributed by atoms with van der Waals surface area (Å²) >= 11 is 5.38. The fourth-order valence-corrected chi connectivity index (χ4v) is 1.79. The van der Waals surface area contributed by atoms with Gasteiger partial charge in [0, 0.05) is 5.56 Å². The Kier molecular flexibility index (Phi) is 3.31. The molecule has 2 N–H and O–H groups in total. The van der Waals surface area contributed by atoms with Gasteiger partial charge in [0.05, 0.1) is 6.04 Å². The first-order chi connectivity index (χ1) is 7.72. The minimum absolute atomic E-state index is 0.120. The molecule has 0 bridgehead atoms. The van der Waals surface area contributed by atoms with Gasteiger partial charge in [0.25, 0.3) is 0 Å². The Hall–Kier alpha value is -1.26. The molecule has 16 heavy (non-hydrogen) atoms. The lowest BCUT2D eigenvalue weighted by molar-refractivity contribution is -0.120. The highest BCUT2D eigenvalue weighted by molar-refractivity contribution is 6.27. The van der Waals surface area contributed by atoms with Gasteiger partial charge in [0.2, 0.25) is 5.91 Å². The van der Waals surface area contributed by atoms with Gasteiger partial charge < -0.3 is 15.2 Å². The molecule has 1 aromatic carbocycles. The first-order valence-corrected chi connectivity index (χ1v) is 5.51. The predicted octanol–water partition coefficient (Wildman–Crippen LogP) is 0.836. The zero-order valence-electron chi connectivity index (χ0n) is 8.52. The molecule has 4 nitrogen and oxygen atoms in total. The molecule has 5 heteroatoms. The number of ether oxygens (including phenoxy) is 1. The number of rotatable bonds is 2. The predicted molar refractivity (Wildman–Crippen MR) is 59.5 cm³/mol. The monoisotopic (exact) mass is 241 g/mol. The summed E-state index contributed by atoms with van der Waals surface area (Å²) in [7, 11) is 0. The van der Waals surface area contributed by atoms with Crippen LogP contribution >= 0.6 is 11.6 Å². The third-order valence-electron chi connectivity index (χ3n) is 2.50. The second kappa shape index (κ2) is 4.72. The second-order valence-electron chi connectivity index (χ2n) is 3.60. The molecule has 2 rings (SSSR count). The Bertz CT molecular complexity index is 397. The first-order valence-electron chi connectivity index (χ1n) is 4.97. The highest BCUT2D eigenvalue weighted by Gasteiger charge is 2.29.